The number of benzene rings is 2. The largest absolute Gasteiger partial charge is 0.496 e. The van der Waals surface area contributed by atoms with Gasteiger partial charge in [-0.05, 0) is 54.7 Å². The highest BCUT2D eigenvalue weighted by molar-refractivity contribution is 7.89. The fraction of sp³-hybridized carbons (Fsp3) is 0.458. The van der Waals surface area contributed by atoms with Crippen LogP contribution in [0.15, 0.2) is 47.4 Å². The van der Waals surface area contributed by atoms with Crippen LogP contribution in [0.2, 0.25) is 0 Å². The summed E-state index contributed by atoms with van der Waals surface area (Å²) in [6, 6.07) is 12.9. The second-order valence-electron chi connectivity index (χ2n) is 7.87. The zero-order valence-corrected chi connectivity index (χ0v) is 19.8. The highest BCUT2D eigenvalue weighted by Gasteiger charge is 2.27. The van der Waals surface area contributed by atoms with Crippen LogP contribution in [0.25, 0.3) is 0 Å². The van der Waals surface area contributed by atoms with E-state index in [2.05, 4.69) is 24.4 Å². The number of hydrogen-bond donors (Lipinski definition) is 1. The molecular formula is C24H32N2O5S. The first kappa shape index (κ1) is 24.2. The Kier molecular flexibility index (Phi) is 8.28. The first-order valence-corrected chi connectivity index (χ1v) is 12.4. The summed E-state index contributed by atoms with van der Waals surface area (Å²) < 4.78 is 38.0. The topological polar surface area (TPSA) is 84.9 Å². The van der Waals surface area contributed by atoms with Gasteiger partial charge in [0.1, 0.15) is 5.75 Å². The van der Waals surface area contributed by atoms with Crippen molar-refractivity contribution in [3.63, 3.8) is 0 Å². The molecule has 7 nitrogen and oxygen atoms in total. The van der Waals surface area contributed by atoms with E-state index in [-0.39, 0.29) is 23.3 Å². The predicted molar refractivity (Wildman–Crippen MR) is 123 cm³/mol. The SMILES string of the molecule is CCc1ccc(C(C)NC(=O)CCc2cc(S(=O)(=O)N3CCOCC3)ccc2OC)cc1. The van der Waals surface area contributed by atoms with E-state index in [4.69, 9.17) is 9.47 Å². The number of aryl methyl sites for hydroxylation is 2. The van der Waals surface area contributed by atoms with Crippen molar-refractivity contribution in [1.82, 2.24) is 9.62 Å². The smallest absolute Gasteiger partial charge is 0.243 e. The molecule has 1 unspecified atom stereocenters. The van der Waals surface area contributed by atoms with Crippen molar-refractivity contribution < 1.29 is 22.7 Å². The van der Waals surface area contributed by atoms with Gasteiger partial charge in [0.25, 0.3) is 0 Å². The van der Waals surface area contributed by atoms with Crippen LogP contribution >= 0.6 is 0 Å². The molecule has 0 bridgehead atoms. The summed E-state index contributed by atoms with van der Waals surface area (Å²) in [5.41, 5.74) is 3.00. The second kappa shape index (κ2) is 10.9. The Bertz CT molecular complexity index is 1020. The Balaban J connectivity index is 1.66. The number of carbonyl (C=O) groups excluding carboxylic acids is 1. The minimum absolute atomic E-state index is 0.0967. The van der Waals surface area contributed by atoms with Gasteiger partial charge in [0.15, 0.2) is 0 Å². The van der Waals surface area contributed by atoms with Crippen LogP contribution in [0.5, 0.6) is 5.75 Å². The van der Waals surface area contributed by atoms with Crippen molar-refractivity contribution in [1.29, 1.82) is 0 Å². The average molecular weight is 461 g/mol. The van der Waals surface area contributed by atoms with Gasteiger partial charge in [-0.2, -0.15) is 4.31 Å². The molecule has 0 aliphatic carbocycles. The molecule has 1 fully saturated rings. The van der Waals surface area contributed by atoms with Gasteiger partial charge in [-0.25, -0.2) is 8.42 Å². The molecule has 8 heteroatoms. The highest BCUT2D eigenvalue weighted by Crippen LogP contribution is 2.26. The van der Waals surface area contributed by atoms with Gasteiger partial charge in [-0.1, -0.05) is 31.2 Å². The van der Waals surface area contributed by atoms with Crippen molar-refractivity contribution in [3.05, 3.63) is 59.2 Å². The fourth-order valence-electron chi connectivity index (χ4n) is 3.73. The highest BCUT2D eigenvalue weighted by atomic mass is 32.2. The lowest BCUT2D eigenvalue weighted by Gasteiger charge is -2.26. The molecule has 174 valence electrons. The lowest BCUT2D eigenvalue weighted by molar-refractivity contribution is -0.121. The lowest BCUT2D eigenvalue weighted by atomic mass is 10.0. The Morgan fingerprint density at radius 3 is 2.47 bits per heavy atom. The maximum atomic E-state index is 13.0. The molecule has 32 heavy (non-hydrogen) atoms. The molecule has 1 heterocycles. The molecule has 1 amide bonds. The number of nitrogens with one attached hydrogen (secondary N) is 1. The van der Waals surface area contributed by atoms with Crippen molar-refractivity contribution in [3.8, 4) is 5.75 Å². The van der Waals surface area contributed by atoms with E-state index in [0.717, 1.165) is 12.0 Å². The molecule has 0 aromatic heterocycles. The van der Waals surface area contributed by atoms with Crippen LogP contribution in [-0.2, 0) is 32.4 Å². The standard InChI is InChI=1S/C24H32N2O5S/c1-4-19-5-7-20(8-6-19)18(2)25-24(27)12-9-21-17-22(10-11-23(21)30-3)32(28,29)26-13-15-31-16-14-26/h5-8,10-11,17-18H,4,9,12-16H2,1-3H3,(H,25,27). The molecule has 1 atom stereocenters. The summed E-state index contributed by atoms with van der Waals surface area (Å²) in [5.74, 6) is 0.475. The minimum Gasteiger partial charge on any atom is -0.496 e. The molecule has 1 saturated heterocycles. The maximum Gasteiger partial charge on any atom is 0.243 e. The van der Waals surface area contributed by atoms with Gasteiger partial charge in [0.05, 0.1) is 31.3 Å². The van der Waals surface area contributed by atoms with Gasteiger partial charge in [-0.15, -0.1) is 0 Å². The van der Waals surface area contributed by atoms with Crippen molar-refractivity contribution in [2.75, 3.05) is 33.4 Å². The van der Waals surface area contributed by atoms with E-state index < -0.39 is 10.0 Å². The summed E-state index contributed by atoms with van der Waals surface area (Å²) in [7, 11) is -2.07. The molecule has 2 aromatic rings. The molecule has 1 N–H and O–H groups in total. The number of sulfonamides is 1. The quantitative estimate of drug-likeness (QED) is 0.622. The zero-order valence-electron chi connectivity index (χ0n) is 19.0. The van der Waals surface area contributed by atoms with Crippen molar-refractivity contribution in [2.45, 2.75) is 44.0 Å². The van der Waals surface area contributed by atoms with Gasteiger partial charge in [0.2, 0.25) is 15.9 Å². The fourth-order valence-corrected chi connectivity index (χ4v) is 5.19. The number of hydrogen-bond acceptors (Lipinski definition) is 5. The van der Waals surface area contributed by atoms with Crippen LogP contribution in [0.3, 0.4) is 0 Å². The van der Waals surface area contributed by atoms with E-state index in [1.54, 1.807) is 18.2 Å². The summed E-state index contributed by atoms with van der Waals surface area (Å²) in [5, 5.41) is 3.02. The summed E-state index contributed by atoms with van der Waals surface area (Å²) in [6.07, 6.45) is 1.58. The van der Waals surface area contributed by atoms with Crippen molar-refractivity contribution >= 4 is 15.9 Å². The molecule has 1 aliphatic rings. The number of rotatable bonds is 9. The van der Waals surface area contributed by atoms with Crippen molar-refractivity contribution in [2.24, 2.45) is 0 Å². The van der Waals surface area contributed by atoms with Crippen LogP contribution in [-0.4, -0.2) is 52.0 Å². The molecule has 2 aromatic carbocycles. The van der Waals surface area contributed by atoms with E-state index in [9.17, 15) is 13.2 Å². The number of nitrogens with zero attached hydrogens (tertiary/aromatic N) is 1. The van der Waals surface area contributed by atoms with Crippen LogP contribution in [0.1, 0.15) is 43.0 Å². The Morgan fingerprint density at radius 2 is 1.84 bits per heavy atom. The van der Waals surface area contributed by atoms with E-state index >= 15 is 0 Å². The average Bonchev–Trinajstić information content (AvgIpc) is 2.83. The molecule has 0 radical (unpaired) electrons. The molecule has 0 saturated carbocycles. The van der Waals surface area contributed by atoms with Gasteiger partial charge >= 0.3 is 0 Å². The number of carbonyl (C=O) groups is 1. The zero-order chi connectivity index (χ0) is 23.1. The summed E-state index contributed by atoms with van der Waals surface area (Å²) >= 11 is 0. The first-order chi connectivity index (χ1) is 15.3. The minimum atomic E-state index is -3.61. The van der Waals surface area contributed by atoms with Crippen LogP contribution < -0.4 is 10.1 Å². The van der Waals surface area contributed by atoms with E-state index in [1.165, 1.54) is 17.0 Å². The normalized spacial score (nSPS) is 15.8. The van der Waals surface area contributed by atoms with Gasteiger partial charge in [0, 0.05) is 19.5 Å². The number of morpholine rings is 1. The Labute approximate surface area is 190 Å². The third-order valence-corrected chi connectivity index (χ3v) is 7.64. The van der Waals surface area contributed by atoms with Gasteiger partial charge in [-0.3, -0.25) is 4.79 Å². The lowest BCUT2D eigenvalue weighted by Crippen LogP contribution is -2.40. The van der Waals surface area contributed by atoms with Crippen LogP contribution in [0.4, 0.5) is 0 Å². The first-order valence-electron chi connectivity index (χ1n) is 11.0. The van der Waals surface area contributed by atoms with E-state index in [1.807, 2.05) is 19.1 Å². The second-order valence-corrected chi connectivity index (χ2v) is 9.81. The Morgan fingerprint density at radius 1 is 1.16 bits per heavy atom. The maximum absolute atomic E-state index is 13.0. The third-order valence-electron chi connectivity index (χ3n) is 5.75. The Hall–Kier alpha value is -2.42. The number of amides is 1. The molecular weight excluding hydrogens is 428 g/mol. The molecule has 3 rings (SSSR count). The van der Waals surface area contributed by atoms with Crippen LogP contribution in [0, 0.1) is 0 Å². The molecule has 0 spiro atoms. The summed E-state index contributed by atoms with van der Waals surface area (Å²) in [4.78, 5) is 12.8. The predicted octanol–water partition coefficient (Wildman–Crippen LogP) is 3.09. The third kappa shape index (κ3) is 5.88. The monoisotopic (exact) mass is 460 g/mol. The van der Waals surface area contributed by atoms with Gasteiger partial charge < -0.3 is 14.8 Å². The number of methoxy groups -OCH3 is 1. The molecule has 1 aliphatic heterocycles. The summed E-state index contributed by atoms with van der Waals surface area (Å²) in [6.45, 7) is 5.51. The number of ether oxygens (including phenoxy) is 2. The van der Waals surface area contributed by atoms with E-state index in [0.29, 0.717) is 44.0 Å².